The molecular formula is C14H26N2OS. The number of hydrogen-bond acceptors (Lipinski definition) is 4. The van der Waals surface area contributed by atoms with Crippen molar-refractivity contribution < 1.29 is 5.11 Å². The Morgan fingerprint density at radius 2 is 1.72 bits per heavy atom. The number of nitrogens with zero attached hydrogens (tertiary/aromatic N) is 2. The number of hydrogen-bond donors (Lipinski definition) is 1. The molecule has 0 aliphatic carbocycles. The van der Waals surface area contributed by atoms with Crippen LogP contribution in [0.1, 0.15) is 50.2 Å². The average molecular weight is 270 g/mol. The highest BCUT2D eigenvalue weighted by atomic mass is 32.1. The van der Waals surface area contributed by atoms with Gasteiger partial charge >= 0.3 is 0 Å². The zero-order valence-corrected chi connectivity index (χ0v) is 13.5. The summed E-state index contributed by atoms with van der Waals surface area (Å²) in [4.78, 5) is 7.91. The smallest absolute Gasteiger partial charge is 0.0951 e. The van der Waals surface area contributed by atoms with Crippen molar-refractivity contribution in [2.75, 3.05) is 20.6 Å². The maximum absolute atomic E-state index is 10.3. The van der Waals surface area contributed by atoms with E-state index >= 15 is 0 Å². The minimum atomic E-state index is -0.809. The molecule has 4 heteroatoms. The van der Waals surface area contributed by atoms with E-state index in [1.165, 1.54) is 0 Å². The first-order chi connectivity index (χ1) is 8.01. The normalized spacial score (nSPS) is 13.4. The molecule has 1 aromatic rings. The molecule has 0 amide bonds. The third kappa shape index (κ3) is 4.04. The fourth-order valence-corrected chi connectivity index (χ4v) is 2.98. The minimum Gasteiger partial charge on any atom is -0.385 e. The van der Waals surface area contributed by atoms with Crippen molar-refractivity contribution in [2.24, 2.45) is 0 Å². The highest BCUT2D eigenvalue weighted by Gasteiger charge is 2.30. The zero-order chi connectivity index (χ0) is 14.1. The molecule has 0 saturated heterocycles. The van der Waals surface area contributed by atoms with E-state index in [1.54, 1.807) is 11.3 Å². The Balaban J connectivity index is 3.09. The lowest BCUT2D eigenvalue weighted by molar-refractivity contribution is 0.0803. The summed E-state index contributed by atoms with van der Waals surface area (Å²) < 4.78 is 0. The van der Waals surface area contributed by atoms with Crippen molar-refractivity contribution >= 4 is 11.3 Å². The summed E-state index contributed by atoms with van der Waals surface area (Å²) in [5.41, 5.74) is 0.201. The summed E-state index contributed by atoms with van der Waals surface area (Å²) >= 11 is 1.65. The highest BCUT2D eigenvalue weighted by molar-refractivity contribution is 7.11. The Morgan fingerprint density at radius 3 is 2.06 bits per heavy atom. The van der Waals surface area contributed by atoms with Crippen LogP contribution < -0.4 is 0 Å². The summed E-state index contributed by atoms with van der Waals surface area (Å²) in [5.74, 6) is 0. The standard InChI is InChI=1S/C14H26N2OS/c1-13(2,3)11-12(14(4,5)17)18-10(15-11)8-9-16(6)7/h17H,8-9H2,1-7H3. The largest absolute Gasteiger partial charge is 0.385 e. The summed E-state index contributed by atoms with van der Waals surface area (Å²) in [6.45, 7) is 11.1. The SMILES string of the molecule is CN(C)CCc1nc(C(C)(C)C)c(C(C)(C)O)s1. The fraction of sp³-hybridized carbons (Fsp3) is 0.786. The van der Waals surface area contributed by atoms with Gasteiger partial charge < -0.3 is 10.0 Å². The maximum atomic E-state index is 10.3. The van der Waals surface area contributed by atoms with Crippen LogP contribution in [-0.2, 0) is 17.4 Å². The van der Waals surface area contributed by atoms with Gasteiger partial charge in [-0.2, -0.15) is 0 Å². The summed E-state index contributed by atoms with van der Waals surface area (Å²) in [6, 6.07) is 0. The van der Waals surface area contributed by atoms with Crippen molar-refractivity contribution in [3.05, 3.63) is 15.6 Å². The number of aromatic nitrogens is 1. The molecule has 1 heterocycles. The lowest BCUT2D eigenvalue weighted by Gasteiger charge is -2.23. The lowest BCUT2D eigenvalue weighted by Crippen LogP contribution is -2.22. The predicted octanol–water partition coefficient (Wildman–Crippen LogP) is 2.77. The van der Waals surface area contributed by atoms with Crippen LogP contribution in [0.4, 0.5) is 0 Å². The second-order valence-corrected chi connectivity index (χ2v) is 7.73. The van der Waals surface area contributed by atoms with Gasteiger partial charge in [0.1, 0.15) is 0 Å². The van der Waals surface area contributed by atoms with Crippen molar-refractivity contribution in [1.29, 1.82) is 0 Å². The van der Waals surface area contributed by atoms with Gasteiger partial charge in [0.05, 0.1) is 21.2 Å². The molecule has 0 aliphatic heterocycles. The van der Waals surface area contributed by atoms with Gasteiger partial charge in [-0.05, 0) is 27.9 Å². The molecule has 0 saturated carbocycles. The van der Waals surface area contributed by atoms with E-state index in [2.05, 4.69) is 39.8 Å². The van der Waals surface area contributed by atoms with Gasteiger partial charge in [-0.25, -0.2) is 4.98 Å². The van der Waals surface area contributed by atoms with Crippen LogP contribution in [0.5, 0.6) is 0 Å². The Bertz CT molecular complexity index is 365. The van der Waals surface area contributed by atoms with Crippen molar-refractivity contribution in [3.63, 3.8) is 0 Å². The van der Waals surface area contributed by atoms with Gasteiger partial charge in [-0.1, -0.05) is 20.8 Å². The third-order valence-corrected chi connectivity index (χ3v) is 4.14. The quantitative estimate of drug-likeness (QED) is 0.914. The van der Waals surface area contributed by atoms with E-state index in [0.29, 0.717) is 0 Å². The number of likely N-dealkylation sites (N-methyl/N-ethyl adjacent to an activating group) is 1. The Labute approximate surface area is 115 Å². The van der Waals surface area contributed by atoms with Crippen LogP contribution in [0, 0.1) is 0 Å². The van der Waals surface area contributed by atoms with E-state index in [0.717, 1.165) is 28.5 Å². The Hall–Kier alpha value is -0.450. The van der Waals surface area contributed by atoms with Crippen LogP contribution in [0.2, 0.25) is 0 Å². The number of rotatable bonds is 4. The van der Waals surface area contributed by atoms with Crippen molar-refractivity contribution in [1.82, 2.24) is 9.88 Å². The molecule has 1 aromatic heterocycles. The van der Waals surface area contributed by atoms with Gasteiger partial charge in [0.25, 0.3) is 0 Å². The molecular weight excluding hydrogens is 244 g/mol. The van der Waals surface area contributed by atoms with Gasteiger partial charge in [0.2, 0.25) is 0 Å². The van der Waals surface area contributed by atoms with Crippen LogP contribution in [-0.4, -0.2) is 35.6 Å². The van der Waals surface area contributed by atoms with Gasteiger partial charge in [-0.3, -0.25) is 0 Å². The van der Waals surface area contributed by atoms with Crippen LogP contribution in [0.15, 0.2) is 0 Å². The van der Waals surface area contributed by atoms with E-state index in [4.69, 9.17) is 4.98 Å². The second-order valence-electron chi connectivity index (χ2n) is 6.65. The average Bonchev–Trinajstić information content (AvgIpc) is 2.56. The van der Waals surface area contributed by atoms with Crippen LogP contribution in [0.25, 0.3) is 0 Å². The topological polar surface area (TPSA) is 36.4 Å². The summed E-state index contributed by atoms with van der Waals surface area (Å²) in [7, 11) is 4.13. The van der Waals surface area contributed by atoms with Crippen molar-refractivity contribution in [2.45, 2.75) is 52.1 Å². The van der Waals surface area contributed by atoms with Crippen molar-refractivity contribution in [3.8, 4) is 0 Å². The molecule has 18 heavy (non-hydrogen) atoms. The Morgan fingerprint density at radius 1 is 1.17 bits per heavy atom. The van der Waals surface area contributed by atoms with Crippen LogP contribution >= 0.6 is 11.3 Å². The molecule has 0 aromatic carbocycles. The third-order valence-electron chi connectivity index (χ3n) is 2.71. The van der Waals surface area contributed by atoms with E-state index in [-0.39, 0.29) is 5.41 Å². The molecule has 0 spiro atoms. The van der Waals surface area contributed by atoms with Gasteiger partial charge in [0.15, 0.2) is 0 Å². The van der Waals surface area contributed by atoms with Gasteiger partial charge in [0, 0.05) is 18.4 Å². The minimum absolute atomic E-state index is 0.0256. The zero-order valence-electron chi connectivity index (χ0n) is 12.7. The molecule has 0 bridgehead atoms. The summed E-state index contributed by atoms with van der Waals surface area (Å²) in [6.07, 6.45) is 0.941. The first kappa shape index (κ1) is 15.6. The maximum Gasteiger partial charge on any atom is 0.0951 e. The molecule has 0 unspecified atom stereocenters. The first-order valence-electron chi connectivity index (χ1n) is 6.39. The van der Waals surface area contributed by atoms with Gasteiger partial charge in [-0.15, -0.1) is 11.3 Å². The summed E-state index contributed by atoms with van der Waals surface area (Å²) in [5, 5.41) is 11.4. The molecule has 104 valence electrons. The van der Waals surface area contributed by atoms with E-state index in [1.807, 2.05) is 13.8 Å². The van der Waals surface area contributed by atoms with Crippen LogP contribution in [0.3, 0.4) is 0 Å². The molecule has 3 nitrogen and oxygen atoms in total. The second kappa shape index (κ2) is 5.27. The molecule has 1 rings (SSSR count). The first-order valence-corrected chi connectivity index (χ1v) is 7.21. The monoisotopic (exact) mass is 270 g/mol. The molecule has 0 aliphatic rings. The number of aliphatic hydroxyl groups is 1. The fourth-order valence-electron chi connectivity index (χ4n) is 1.71. The Kier molecular flexibility index (Phi) is 4.57. The number of thiazole rings is 1. The molecule has 0 radical (unpaired) electrons. The molecule has 0 fully saturated rings. The van der Waals surface area contributed by atoms with E-state index < -0.39 is 5.60 Å². The van der Waals surface area contributed by atoms with E-state index in [9.17, 15) is 5.11 Å². The lowest BCUT2D eigenvalue weighted by atomic mass is 9.88. The molecule has 0 atom stereocenters. The molecule has 1 N–H and O–H groups in total. The highest BCUT2D eigenvalue weighted by Crippen LogP contribution is 2.36. The predicted molar refractivity (Wildman–Crippen MR) is 78.3 cm³/mol.